The predicted molar refractivity (Wildman–Crippen MR) is 102 cm³/mol. The molecule has 0 saturated heterocycles. The predicted octanol–water partition coefficient (Wildman–Crippen LogP) is 4.09. The molecule has 2 rings (SSSR count). The number of para-hydroxylation sites is 1. The summed E-state index contributed by atoms with van der Waals surface area (Å²) < 4.78 is 15.7. The van der Waals surface area contributed by atoms with Gasteiger partial charge in [-0.25, -0.2) is 9.59 Å². The van der Waals surface area contributed by atoms with Gasteiger partial charge in [-0.15, -0.1) is 0 Å². The Labute approximate surface area is 159 Å². The van der Waals surface area contributed by atoms with Gasteiger partial charge in [-0.05, 0) is 50.6 Å². The van der Waals surface area contributed by atoms with E-state index in [1.54, 1.807) is 20.8 Å². The Kier molecular flexibility index (Phi) is 6.82. The number of carbonyl (C=O) groups excluding carboxylic acids is 2. The summed E-state index contributed by atoms with van der Waals surface area (Å²) >= 11 is 0. The van der Waals surface area contributed by atoms with Crippen molar-refractivity contribution < 1.29 is 23.8 Å². The summed E-state index contributed by atoms with van der Waals surface area (Å²) in [5, 5.41) is 2.56. The fraction of sp³-hybridized carbons (Fsp3) is 0.333. The molecule has 0 saturated carbocycles. The Bertz CT molecular complexity index is 750. The topological polar surface area (TPSA) is 73.9 Å². The van der Waals surface area contributed by atoms with Gasteiger partial charge >= 0.3 is 12.1 Å². The summed E-state index contributed by atoms with van der Waals surface area (Å²) in [4.78, 5) is 24.0. The van der Waals surface area contributed by atoms with E-state index in [0.717, 1.165) is 11.3 Å². The van der Waals surface area contributed by atoms with E-state index >= 15 is 0 Å². The molecule has 0 fully saturated rings. The number of methoxy groups -OCH3 is 1. The van der Waals surface area contributed by atoms with E-state index in [0.29, 0.717) is 5.75 Å². The van der Waals surface area contributed by atoms with Gasteiger partial charge in [0.25, 0.3) is 0 Å². The number of benzene rings is 2. The summed E-state index contributed by atoms with van der Waals surface area (Å²) in [6, 6.07) is 15.9. The molecule has 1 N–H and O–H groups in total. The Morgan fingerprint density at radius 3 is 2.11 bits per heavy atom. The molecule has 0 aromatic heterocycles. The number of esters is 1. The van der Waals surface area contributed by atoms with Crippen LogP contribution >= 0.6 is 0 Å². The number of amides is 1. The first kappa shape index (κ1) is 20.3. The summed E-state index contributed by atoms with van der Waals surface area (Å²) in [6.45, 7) is 5.27. The van der Waals surface area contributed by atoms with Gasteiger partial charge in [0.05, 0.1) is 7.11 Å². The number of alkyl carbamates (subject to hydrolysis) is 1. The quantitative estimate of drug-likeness (QED) is 0.774. The van der Waals surface area contributed by atoms with Crippen molar-refractivity contribution in [3.8, 4) is 11.5 Å². The molecule has 0 spiro atoms. The smallest absolute Gasteiger partial charge is 0.408 e. The molecule has 0 radical (unpaired) electrons. The number of carbonyl (C=O) groups is 2. The third-order valence-electron chi connectivity index (χ3n) is 3.52. The average Bonchev–Trinajstić information content (AvgIpc) is 2.61. The minimum Gasteiger partial charge on any atom is -0.467 e. The van der Waals surface area contributed by atoms with E-state index < -0.39 is 23.7 Å². The lowest BCUT2D eigenvalue weighted by molar-refractivity contribution is -0.143. The van der Waals surface area contributed by atoms with Crippen LogP contribution in [0.4, 0.5) is 4.79 Å². The van der Waals surface area contributed by atoms with Gasteiger partial charge in [-0.3, -0.25) is 0 Å². The molecule has 1 amide bonds. The second-order valence-corrected chi connectivity index (χ2v) is 6.99. The molecule has 0 bridgehead atoms. The lowest BCUT2D eigenvalue weighted by Gasteiger charge is -2.22. The number of rotatable bonds is 6. The first-order valence-electron chi connectivity index (χ1n) is 8.66. The second kappa shape index (κ2) is 9.07. The van der Waals surface area contributed by atoms with Crippen LogP contribution in [0.3, 0.4) is 0 Å². The molecule has 1 atom stereocenters. The van der Waals surface area contributed by atoms with Gasteiger partial charge in [0.15, 0.2) is 0 Å². The van der Waals surface area contributed by atoms with Crippen LogP contribution in [0.2, 0.25) is 0 Å². The van der Waals surface area contributed by atoms with Crippen LogP contribution in [0.15, 0.2) is 54.6 Å². The number of hydrogen-bond acceptors (Lipinski definition) is 5. The van der Waals surface area contributed by atoms with Crippen LogP contribution < -0.4 is 10.1 Å². The van der Waals surface area contributed by atoms with Crippen molar-refractivity contribution >= 4 is 12.1 Å². The lowest BCUT2D eigenvalue weighted by Crippen LogP contribution is -2.45. The Balaban J connectivity index is 2.02. The molecule has 0 aliphatic rings. The maximum atomic E-state index is 12.0. The maximum Gasteiger partial charge on any atom is 0.408 e. The molecule has 6 nitrogen and oxygen atoms in total. The van der Waals surface area contributed by atoms with Crippen molar-refractivity contribution in [3.05, 3.63) is 60.2 Å². The monoisotopic (exact) mass is 371 g/mol. The van der Waals surface area contributed by atoms with E-state index in [-0.39, 0.29) is 6.42 Å². The molecule has 2 aromatic carbocycles. The third kappa shape index (κ3) is 7.01. The van der Waals surface area contributed by atoms with Crippen molar-refractivity contribution in [2.45, 2.75) is 38.8 Å². The highest BCUT2D eigenvalue weighted by Crippen LogP contribution is 2.21. The zero-order valence-electron chi connectivity index (χ0n) is 16.0. The van der Waals surface area contributed by atoms with Crippen molar-refractivity contribution in [1.82, 2.24) is 5.32 Å². The number of hydrogen-bond donors (Lipinski definition) is 1. The fourth-order valence-corrected chi connectivity index (χ4v) is 2.34. The van der Waals surface area contributed by atoms with Crippen molar-refractivity contribution in [1.29, 1.82) is 0 Å². The highest BCUT2D eigenvalue weighted by atomic mass is 16.6. The van der Waals surface area contributed by atoms with Gasteiger partial charge in [-0.2, -0.15) is 0 Å². The van der Waals surface area contributed by atoms with E-state index in [1.807, 2.05) is 54.6 Å². The SMILES string of the molecule is COC(=O)[C@H](Cc1ccc(Oc2ccccc2)cc1)NC(=O)OC(C)(C)C. The number of ether oxygens (including phenoxy) is 3. The molecule has 0 unspecified atom stereocenters. The summed E-state index contributed by atoms with van der Waals surface area (Å²) in [5.41, 5.74) is 0.197. The second-order valence-electron chi connectivity index (χ2n) is 6.99. The van der Waals surface area contributed by atoms with Gasteiger partial charge in [0.1, 0.15) is 23.1 Å². The average molecular weight is 371 g/mol. The first-order valence-corrected chi connectivity index (χ1v) is 8.66. The third-order valence-corrected chi connectivity index (χ3v) is 3.52. The Morgan fingerprint density at radius 1 is 0.963 bits per heavy atom. The summed E-state index contributed by atoms with van der Waals surface area (Å²) in [7, 11) is 1.28. The van der Waals surface area contributed by atoms with Crippen molar-refractivity contribution in [2.24, 2.45) is 0 Å². The highest BCUT2D eigenvalue weighted by molar-refractivity contribution is 5.81. The van der Waals surface area contributed by atoms with E-state index in [2.05, 4.69) is 5.32 Å². The fourth-order valence-electron chi connectivity index (χ4n) is 2.34. The molecule has 2 aromatic rings. The van der Waals surface area contributed by atoms with Gasteiger partial charge in [0, 0.05) is 6.42 Å². The maximum absolute atomic E-state index is 12.0. The summed E-state index contributed by atoms with van der Waals surface area (Å²) in [5.74, 6) is 0.884. The number of nitrogens with one attached hydrogen (secondary N) is 1. The zero-order chi connectivity index (χ0) is 19.9. The standard InChI is InChI=1S/C21H25NO5/c1-21(2,3)27-20(24)22-18(19(23)25-4)14-15-10-12-17(13-11-15)26-16-8-6-5-7-9-16/h5-13,18H,14H2,1-4H3,(H,22,24)/t18-/m0/s1. The van der Waals surface area contributed by atoms with Gasteiger partial charge < -0.3 is 19.5 Å². The summed E-state index contributed by atoms with van der Waals surface area (Å²) in [6.07, 6.45) is -0.390. The minimum absolute atomic E-state index is 0.275. The molecule has 27 heavy (non-hydrogen) atoms. The van der Waals surface area contributed by atoms with Gasteiger partial charge in [-0.1, -0.05) is 30.3 Å². The Hall–Kier alpha value is -3.02. The lowest BCUT2D eigenvalue weighted by atomic mass is 10.1. The molecular formula is C21H25NO5. The largest absolute Gasteiger partial charge is 0.467 e. The highest BCUT2D eigenvalue weighted by Gasteiger charge is 2.25. The van der Waals surface area contributed by atoms with Crippen molar-refractivity contribution in [3.63, 3.8) is 0 Å². The zero-order valence-corrected chi connectivity index (χ0v) is 16.0. The first-order chi connectivity index (χ1) is 12.8. The molecular weight excluding hydrogens is 346 g/mol. The Morgan fingerprint density at radius 2 is 1.56 bits per heavy atom. The minimum atomic E-state index is -0.842. The van der Waals surface area contributed by atoms with Gasteiger partial charge in [0.2, 0.25) is 0 Å². The molecule has 0 aliphatic carbocycles. The molecule has 144 valence electrons. The van der Waals surface area contributed by atoms with Crippen LogP contribution in [0.5, 0.6) is 11.5 Å². The normalized spacial score (nSPS) is 12.0. The molecule has 0 heterocycles. The van der Waals surface area contributed by atoms with Crippen LogP contribution in [0.25, 0.3) is 0 Å². The van der Waals surface area contributed by atoms with E-state index in [1.165, 1.54) is 7.11 Å². The van der Waals surface area contributed by atoms with Crippen LogP contribution in [0, 0.1) is 0 Å². The van der Waals surface area contributed by atoms with Crippen LogP contribution in [-0.2, 0) is 20.7 Å². The van der Waals surface area contributed by atoms with E-state index in [4.69, 9.17) is 14.2 Å². The van der Waals surface area contributed by atoms with Crippen molar-refractivity contribution in [2.75, 3.05) is 7.11 Å². The molecule has 6 heteroatoms. The molecule has 0 aliphatic heterocycles. The van der Waals surface area contributed by atoms with Crippen LogP contribution in [-0.4, -0.2) is 30.8 Å². The van der Waals surface area contributed by atoms with Crippen LogP contribution in [0.1, 0.15) is 26.3 Å². The van der Waals surface area contributed by atoms with E-state index in [9.17, 15) is 9.59 Å².